The van der Waals surface area contributed by atoms with Crippen molar-refractivity contribution in [1.29, 1.82) is 0 Å². The van der Waals surface area contributed by atoms with Crippen molar-refractivity contribution < 1.29 is 9.53 Å². The van der Waals surface area contributed by atoms with Gasteiger partial charge in [-0.25, -0.2) is 4.79 Å². The zero-order chi connectivity index (χ0) is 14.3. The topological polar surface area (TPSA) is 53.2 Å². The van der Waals surface area contributed by atoms with Crippen LogP contribution in [-0.2, 0) is 18.8 Å². The van der Waals surface area contributed by atoms with E-state index in [1.165, 1.54) is 0 Å². The number of Topliss-reactive ketones (excluding diaryl/α,β-unsaturated/α-hetero) is 1. The van der Waals surface area contributed by atoms with E-state index in [0.717, 1.165) is 23.9 Å². The molecule has 20 heavy (non-hydrogen) atoms. The highest BCUT2D eigenvalue weighted by Crippen LogP contribution is 2.22. The van der Waals surface area contributed by atoms with E-state index in [2.05, 4.69) is 0 Å². The third-order valence-electron chi connectivity index (χ3n) is 4.15. The van der Waals surface area contributed by atoms with Gasteiger partial charge in [0.25, 0.3) is 0 Å². The molecule has 0 spiro atoms. The van der Waals surface area contributed by atoms with E-state index in [9.17, 15) is 9.59 Å². The van der Waals surface area contributed by atoms with Crippen LogP contribution in [0.4, 0.5) is 0 Å². The zero-order valence-electron chi connectivity index (χ0n) is 11.8. The fourth-order valence-electron chi connectivity index (χ4n) is 2.86. The van der Waals surface area contributed by atoms with Crippen LogP contribution in [0, 0.1) is 5.92 Å². The van der Waals surface area contributed by atoms with Gasteiger partial charge in [0, 0.05) is 38.8 Å². The van der Waals surface area contributed by atoms with Crippen LogP contribution in [0.1, 0.15) is 23.2 Å². The lowest BCUT2D eigenvalue weighted by atomic mass is 9.91. The Balaban J connectivity index is 2.02. The van der Waals surface area contributed by atoms with Crippen LogP contribution < -0.4 is 5.69 Å². The summed E-state index contributed by atoms with van der Waals surface area (Å²) in [5.74, 6) is 0.202. The molecule has 2 heterocycles. The fraction of sp³-hybridized carbons (Fsp3) is 0.467. The van der Waals surface area contributed by atoms with Gasteiger partial charge in [0.2, 0.25) is 0 Å². The summed E-state index contributed by atoms with van der Waals surface area (Å²) in [6.07, 6.45) is 1.56. The monoisotopic (exact) mass is 274 g/mol. The van der Waals surface area contributed by atoms with Crippen LogP contribution in [0.15, 0.2) is 23.0 Å². The molecule has 1 aromatic carbocycles. The molecule has 5 nitrogen and oxygen atoms in total. The Morgan fingerprint density at radius 3 is 2.50 bits per heavy atom. The summed E-state index contributed by atoms with van der Waals surface area (Å²) < 4.78 is 8.47. The molecule has 1 fully saturated rings. The molecule has 3 rings (SSSR count). The number of imidazole rings is 1. The van der Waals surface area contributed by atoms with E-state index < -0.39 is 0 Å². The highest BCUT2D eigenvalue weighted by Gasteiger charge is 2.23. The van der Waals surface area contributed by atoms with Crippen LogP contribution in [0.5, 0.6) is 0 Å². The lowest BCUT2D eigenvalue weighted by Crippen LogP contribution is -2.23. The molecular weight excluding hydrogens is 256 g/mol. The summed E-state index contributed by atoms with van der Waals surface area (Å²) in [5, 5.41) is 0. The first-order valence-corrected chi connectivity index (χ1v) is 6.87. The largest absolute Gasteiger partial charge is 0.381 e. The molecule has 0 bridgehead atoms. The minimum absolute atomic E-state index is 0.0435. The third-order valence-corrected chi connectivity index (χ3v) is 4.15. The lowest BCUT2D eigenvalue weighted by Gasteiger charge is -2.20. The zero-order valence-corrected chi connectivity index (χ0v) is 11.8. The first-order valence-electron chi connectivity index (χ1n) is 6.87. The van der Waals surface area contributed by atoms with Crippen LogP contribution in [0.25, 0.3) is 11.0 Å². The maximum absolute atomic E-state index is 12.5. The molecule has 1 aromatic heterocycles. The van der Waals surface area contributed by atoms with E-state index in [1.807, 2.05) is 18.2 Å². The van der Waals surface area contributed by atoms with Gasteiger partial charge in [0.15, 0.2) is 5.78 Å². The lowest BCUT2D eigenvalue weighted by molar-refractivity contribution is 0.0545. The van der Waals surface area contributed by atoms with Gasteiger partial charge in [0.1, 0.15) is 0 Å². The maximum atomic E-state index is 12.5. The van der Waals surface area contributed by atoms with Gasteiger partial charge in [-0.15, -0.1) is 0 Å². The van der Waals surface area contributed by atoms with Gasteiger partial charge in [-0.3, -0.25) is 13.9 Å². The highest BCUT2D eigenvalue weighted by molar-refractivity contribution is 6.00. The molecule has 0 saturated carbocycles. The summed E-state index contributed by atoms with van der Waals surface area (Å²) in [6.45, 7) is 1.31. The van der Waals surface area contributed by atoms with E-state index in [1.54, 1.807) is 23.2 Å². The van der Waals surface area contributed by atoms with Gasteiger partial charge in [-0.05, 0) is 31.0 Å². The number of carbonyl (C=O) groups is 1. The minimum Gasteiger partial charge on any atom is -0.381 e. The van der Waals surface area contributed by atoms with Gasteiger partial charge in [0.05, 0.1) is 11.0 Å². The molecular formula is C15H18N2O3. The molecule has 1 aliphatic heterocycles. The number of benzene rings is 1. The van der Waals surface area contributed by atoms with Crippen molar-refractivity contribution in [2.24, 2.45) is 20.0 Å². The van der Waals surface area contributed by atoms with E-state index in [0.29, 0.717) is 18.8 Å². The maximum Gasteiger partial charge on any atom is 0.328 e. The number of nitrogens with zero attached hydrogens (tertiary/aromatic N) is 2. The molecule has 0 unspecified atom stereocenters. The summed E-state index contributed by atoms with van der Waals surface area (Å²) in [4.78, 5) is 24.4. The van der Waals surface area contributed by atoms with Gasteiger partial charge >= 0.3 is 5.69 Å². The van der Waals surface area contributed by atoms with Crippen LogP contribution in [0.3, 0.4) is 0 Å². The Kier molecular flexibility index (Phi) is 3.22. The number of rotatable bonds is 2. The molecule has 0 radical (unpaired) electrons. The van der Waals surface area contributed by atoms with Gasteiger partial charge < -0.3 is 4.74 Å². The Morgan fingerprint density at radius 2 is 1.80 bits per heavy atom. The number of ether oxygens (including phenoxy) is 1. The average Bonchev–Trinajstić information content (AvgIpc) is 2.72. The molecule has 1 aliphatic rings. The minimum atomic E-state index is -0.0735. The normalized spacial score (nSPS) is 16.7. The quantitative estimate of drug-likeness (QED) is 0.780. The second-order valence-electron chi connectivity index (χ2n) is 5.35. The third kappa shape index (κ3) is 1.98. The fourth-order valence-corrected chi connectivity index (χ4v) is 2.86. The Labute approximate surface area is 116 Å². The molecule has 2 aromatic rings. The summed E-state index contributed by atoms with van der Waals surface area (Å²) in [6, 6.07) is 5.50. The Hall–Kier alpha value is -1.88. The Morgan fingerprint density at radius 1 is 1.15 bits per heavy atom. The highest BCUT2D eigenvalue weighted by atomic mass is 16.5. The van der Waals surface area contributed by atoms with Crippen LogP contribution in [-0.4, -0.2) is 28.1 Å². The van der Waals surface area contributed by atoms with E-state index in [-0.39, 0.29) is 17.4 Å². The SMILES string of the molecule is Cn1c(=O)n(C)c2cc(C(=O)C3CCOCC3)ccc21. The summed E-state index contributed by atoms with van der Waals surface area (Å²) in [7, 11) is 3.47. The predicted molar refractivity (Wildman–Crippen MR) is 76.0 cm³/mol. The van der Waals surface area contributed by atoms with Crippen LogP contribution >= 0.6 is 0 Å². The number of aryl methyl sites for hydroxylation is 2. The molecule has 106 valence electrons. The van der Waals surface area contributed by atoms with Crippen molar-refractivity contribution >= 4 is 16.8 Å². The Bertz CT molecular complexity index is 721. The van der Waals surface area contributed by atoms with E-state index >= 15 is 0 Å². The first-order chi connectivity index (χ1) is 9.59. The van der Waals surface area contributed by atoms with Crippen LogP contribution in [0.2, 0.25) is 0 Å². The van der Waals surface area contributed by atoms with Gasteiger partial charge in [-0.1, -0.05) is 0 Å². The van der Waals surface area contributed by atoms with Crippen molar-refractivity contribution in [3.63, 3.8) is 0 Å². The molecule has 1 saturated heterocycles. The molecule has 0 aliphatic carbocycles. The number of carbonyl (C=O) groups excluding carboxylic acids is 1. The second kappa shape index (κ2) is 4.90. The molecule has 0 atom stereocenters. The van der Waals surface area contributed by atoms with Crippen molar-refractivity contribution in [3.8, 4) is 0 Å². The molecule has 5 heteroatoms. The van der Waals surface area contributed by atoms with Crippen molar-refractivity contribution in [2.45, 2.75) is 12.8 Å². The number of hydrogen-bond donors (Lipinski definition) is 0. The smallest absolute Gasteiger partial charge is 0.328 e. The molecule has 0 N–H and O–H groups in total. The summed E-state index contributed by atoms with van der Waals surface area (Å²) >= 11 is 0. The number of aromatic nitrogens is 2. The standard InChI is InChI=1S/C15H18N2O3/c1-16-12-4-3-11(9-13(12)17(2)15(16)19)14(18)10-5-7-20-8-6-10/h3-4,9-10H,5-8H2,1-2H3. The van der Waals surface area contributed by atoms with E-state index in [4.69, 9.17) is 4.74 Å². The van der Waals surface area contributed by atoms with Crippen molar-refractivity contribution in [3.05, 3.63) is 34.2 Å². The predicted octanol–water partition coefficient (Wildman–Crippen LogP) is 1.49. The number of ketones is 1. The summed E-state index contributed by atoms with van der Waals surface area (Å²) in [5.41, 5.74) is 2.26. The first kappa shape index (κ1) is 13.1. The van der Waals surface area contributed by atoms with Crippen molar-refractivity contribution in [2.75, 3.05) is 13.2 Å². The van der Waals surface area contributed by atoms with Crippen molar-refractivity contribution in [1.82, 2.24) is 9.13 Å². The van der Waals surface area contributed by atoms with Gasteiger partial charge in [-0.2, -0.15) is 0 Å². The molecule has 0 amide bonds. The number of hydrogen-bond acceptors (Lipinski definition) is 3. The number of fused-ring (bicyclic) bond motifs is 1. The average molecular weight is 274 g/mol. The second-order valence-corrected chi connectivity index (χ2v) is 5.35.